The summed E-state index contributed by atoms with van der Waals surface area (Å²) in [5.74, 6) is 9.15. The summed E-state index contributed by atoms with van der Waals surface area (Å²) < 4.78 is 6.97. The maximum absolute atomic E-state index is 5.37. The number of hydrogen-bond donors (Lipinski definition) is 0. The highest BCUT2D eigenvalue weighted by molar-refractivity contribution is 6.26. The number of imidazole rings is 3. The molecule has 0 saturated carbocycles. The van der Waals surface area contributed by atoms with Crippen molar-refractivity contribution in [3.63, 3.8) is 0 Å². The van der Waals surface area contributed by atoms with E-state index in [9.17, 15) is 0 Å². The number of fused-ring (bicyclic) bond motifs is 18. The van der Waals surface area contributed by atoms with Gasteiger partial charge in [0.15, 0.2) is 52.4 Å². The van der Waals surface area contributed by atoms with Crippen LogP contribution in [0, 0.1) is 6.92 Å². The summed E-state index contributed by atoms with van der Waals surface area (Å²) in [6, 6.07) is 138. The minimum atomic E-state index is 0.227. The van der Waals surface area contributed by atoms with Gasteiger partial charge in [-0.25, -0.2) is 59.8 Å². The van der Waals surface area contributed by atoms with Crippen LogP contribution in [-0.2, 0) is 6.42 Å². The molecule has 0 aliphatic heterocycles. The van der Waals surface area contributed by atoms with Crippen molar-refractivity contribution in [1.29, 1.82) is 0 Å². The van der Waals surface area contributed by atoms with Crippen LogP contribution in [0.5, 0.6) is 0 Å². The number of rotatable bonds is 18. The second kappa shape index (κ2) is 35.9. The number of unbranched alkanes of at least 4 members (excludes halogenated alkanes) is 3. The third kappa shape index (κ3) is 15.8. The zero-order chi connectivity index (χ0) is 89.2. The number of hydrogen-bond acceptors (Lipinski definition) is 12. The monoisotopic (exact) mass is 1720 g/mol. The summed E-state index contributed by atoms with van der Waals surface area (Å²) in [7, 11) is 0. The SMILES string of the molecule is CC(C)c1nc2c3ccccc3c3ccccc3c2n1-c1ccc(-c2nc(-c3ccccc3)nc(-c3ccccc3)n2)cc1.CCCCCCc1nc2c3ccccc3c3ccccc3c2n1-c1ccc(-c2nc(-c3ccccc3)nc(-c3ccccc3)n2)cc1.Cc1nc2c3ccccc3c3ccccc3c2n1-c1ccc(-c2nc(-c3ccccc3)nc(-c3ccccc3)n2)cc1. The van der Waals surface area contributed by atoms with Crippen LogP contribution < -0.4 is 0 Å². The van der Waals surface area contributed by atoms with E-state index in [1.54, 1.807) is 0 Å². The highest BCUT2D eigenvalue weighted by atomic mass is 15.1. The van der Waals surface area contributed by atoms with Crippen molar-refractivity contribution in [1.82, 2.24) is 73.5 Å². The molecular weight excluding hydrogens is 1630 g/mol. The predicted octanol–water partition coefficient (Wildman–Crippen LogP) is 29.1. The van der Waals surface area contributed by atoms with Gasteiger partial charge in [-0.1, -0.05) is 368 Å². The van der Waals surface area contributed by atoms with Crippen LogP contribution in [0.3, 0.4) is 0 Å². The Morgan fingerprint density at radius 2 is 0.429 bits per heavy atom. The molecule has 0 atom stereocenters. The summed E-state index contributed by atoms with van der Waals surface area (Å²) in [6.45, 7) is 8.74. The topological polar surface area (TPSA) is 169 Å². The fourth-order valence-corrected chi connectivity index (χ4v) is 18.5. The molecule has 15 heteroatoms. The van der Waals surface area contributed by atoms with E-state index in [-0.39, 0.29) is 5.92 Å². The van der Waals surface area contributed by atoms with Crippen molar-refractivity contribution >= 4 is 97.7 Å². The molecule has 24 rings (SSSR count). The van der Waals surface area contributed by atoms with Crippen LogP contribution in [0.15, 0.2) is 400 Å². The number of nitrogens with zero attached hydrogens (tertiary/aromatic N) is 15. The second-order valence-corrected chi connectivity index (χ2v) is 33.7. The Labute approximate surface area is 769 Å². The largest absolute Gasteiger partial charge is 0.296 e. The van der Waals surface area contributed by atoms with Crippen molar-refractivity contribution in [3.8, 4) is 120 Å². The molecule has 636 valence electrons. The van der Waals surface area contributed by atoms with Crippen molar-refractivity contribution in [3.05, 3.63) is 418 Å². The van der Waals surface area contributed by atoms with E-state index in [0.29, 0.717) is 52.4 Å². The van der Waals surface area contributed by atoms with Crippen LogP contribution >= 0.6 is 0 Å². The Kier molecular flexibility index (Phi) is 22.0. The first-order chi connectivity index (χ1) is 65.7. The number of aromatic nitrogens is 15. The first-order valence-electron chi connectivity index (χ1n) is 45.5. The van der Waals surface area contributed by atoms with Gasteiger partial charge in [-0.15, -0.1) is 0 Å². The lowest BCUT2D eigenvalue weighted by molar-refractivity contribution is 0.649. The molecule has 133 heavy (non-hydrogen) atoms. The number of benzene rings is 18. The van der Waals surface area contributed by atoms with E-state index >= 15 is 0 Å². The maximum Gasteiger partial charge on any atom is 0.164 e. The van der Waals surface area contributed by atoms with E-state index in [4.69, 9.17) is 59.8 Å². The van der Waals surface area contributed by atoms with Crippen LogP contribution in [-0.4, -0.2) is 73.5 Å². The quantitative estimate of drug-likeness (QED) is 0.0589. The second-order valence-electron chi connectivity index (χ2n) is 33.7. The van der Waals surface area contributed by atoms with Gasteiger partial charge < -0.3 is 0 Å². The van der Waals surface area contributed by atoms with Crippen molar-refractivity contribution in [2.45, 2.75) is 65.7 Å². The summed E-state index contributed by atoms with van der Waals surface area (Å²) in [4.78, 5) is 59.8. The zero-order valence-electron chi connectivity index (χ0n) is 73.9. The average molecular weight is 1720 g/mol. The van der Waals surface area contributed by atoms with Gasteiger partial charge in [0.1, 0.15) is 17.5 Å². The van der Waals surface area contributed by atoms with Gasteiger partial charge in [0.25, 0.3) is 0 Å². The molecule has 0 spiro atoms. The molecule has 15 nitrogen and oxygen atoms in total. The lowest BCUT2D eigenvalue weighted by Crippen LogP contribution is -2.04. The molecule has 0 saturated heterocycles. The van der Waals surface area contributed by atoms with E-state index < -0.39 is 0 Å². The third-order valence-electron chi connectivity index (χ3n) is 24.9. The fraction of sp³-hybridized carbons (Fsp3) is 0.0847. The highest BCUT2D eigenvalue weighted by Crippen LogP contribution is 2.43. The van der Waals surface area contributed by atoms with Gasteiger partial charge in [-0.05, 0) is 118 Å². The van der Waals surface area contributed by atoms with Gasteiger partial charge >= 0.3 is 0 Å². The van der Waals surface area contributed by atoms with E-state index in [1.165, 1.54) is 78.5 Å². The number of aryl methyl sites for hydroxylation is 2. The van der Waals surface area contributed by atoms with Gasteiger partial charge in [-0.2, -0.15) is 0 Å². The summed E-state index contributed by atoms with van der Waals surface area (Å²) >= 11 is 0. The van der Waals surface area contributed by atoms with Crippen LogP contribution in [0.1, 0.15) is 69.8 Å². The molecule has 18 aromatic carbocycles. The van der Waals surface area contributed by atoms with Crippen LogP contribution in [0.25, 0.3) is 217 Å². The molecule has 0 amide bonds. The summed E-state index contributed by atoms with van der Waals surface area (Å²) in [5.41, 5.74) is 18.2. The normalized spacial score (nSPS) is 11.5. The van der Waals surface area contributed by atoms with Gasteiger partial charge in [0, 0.05) is 112 Å². The Morgan fingerprint density at radius 3 is 0.722 bits per heavy atom. The Morgan fingerprint density at radius 1 is 0.203 bits per heavy atom. The van der Waals surface area contributed by atoms with E-state index in [1.807, 2.05) is 182 Å². The molecular formula is C118H89N15. The predicted molar refractivity (Wildman–Crippen MR) is 544 cm³/mol. The maximum atomic E-state index is 5.37. The first kappa shape index (κ1) is 81.7. The van der Waals surface area contributed by atoms with Crippen molar-refractivity contribution in [2.24, 2.45) is 0 Å². The molecule has 0 aliphatic carbocycles. The summed E-state index contributed by atoms with van der Waals surface area (Å²) in [5, 5.41) is 14.5. The molecule has 6 aromatic heterocycles. The van der Waals surface area contributed by atoms with Crippen LogP contribution in [0.4, 0.5) is 0 Å². The van der Waals surface area contributed by atoms with Gasteiger partial charge in [-0.3, -0.25) is 13.7 Å². The average Bonchev–Trinajstić information content (AvgIpc) is 1.59. The minimum Gasteiger partial charge on any atom is -0.296 e. The Hall–Kier alpha value is -17.0. The lowest BCUT2D eigenvalue weighted by atomic mass is 10.00. The molecule has 24 aromatic rings. The van der Waals surface area contributed by atoms with Crippen molar-refractivity contribution < 1.29 is 0 Å². The molecule has 6 heterocycles. The zero-order valence-corrected chi connectivity index (χ0v) is 73.9. The van der Waals surface area contributed by atoms with E-state index in [2.05, 4.69) is 260 Å². The molecule has 0 fully saturated rings. The Bertz CT molecular complexity index is 8250. The molecule has 0 N–H and O–H groups in total. The standard InChI is InChI=1S/C42H35N5.C39H29N5.C37H25N5/c1-2-3-4-11-24-37-43-38-35-22-14-12-20-33(35)34-21-13-15-23-36(34)39(38)47(37)32-27-25-31(26-28-32)42-45-40(29-16-7-5-8-17-29)44-41(46-42)30-18-9-6-10-19-30;1-25(2)39-40-34-32-19-11-9-17-30(32)31-18-10-12-20-33(31)35(34)44(39)29-23-21-28(22-24-29)38-42-36(26-13-5-3-6-14-26)41-37(43-38)27-15-7-4-8-16-27;1-24-38-33-31-18-10-8-16-29(31)30-17-9-11-19-32(30)34(33)42(24)28-22-20-27(21-23-28)37-40-35(25-12-4-2-5-13-25)39-36(41-37)26-14-6-3-7-15-26/h5-10,12-23,25-28H,2-4,11,24H2,1H3;3-25H,1-2H3;2-23H,1H3. The third-order valence-corrected chi connectivity index (χ3v) is 24.9. The summed E-state index contributed by atoms with van der Waals surface area (Å²) in [6.07, 6.45) is 5.69. The first-order valence-corrected chi connectivity index (χ1v) is 45.5. The molecule has 0 radical (unpaired) electrons. The fourth-order valence-electron chi connectivity index (χ4n) is 18.5. The molecule has 0 aliphatic rings. The van der Waals surface area contributed by atoms with Crippen LogP contribution in [0.2, 0.25) is 0 Å². The van der Waals surface area contributed by atoms with Crippen molar-refractivity contribution in [2.75, 3.05) is 0 Å². The molecule has 0 unspecified atom stereocenters. The smallest absolute Gasteiger partial charge is 0.164 e. The van der Waals surface area contributed by atoms with E-state index in [0.717, 1.165) is 136 Å². The minimum absolute atomic E-state index is 0.227. The lowest BCUT2D eigenvalue weighted by Gasteiger charge is -2.14. The molecule has 0 bridgehead atoms. The highest BCUT2D eigenvalue weighted by Gasteiger charge is 2.26. The van der Waals surface area contributed by atoms with Gasteiger partial charge in [0.2, 0.25) is 0 Å². The van der Waals surface area contributed by atoms with Gasteiger partial charge in [0.05, 0.1) is 33.1 Å². The Balaban J connectivity index is 0.000000116.